The second-order valence-corrected chi connectivity index (χ2v) is 6.25. The fourth-order valence-electron chi connectivity index (χ4n) is 3.07. The van der Waals surface area contributed by atoms with Crippen molar-refractivity contribution >= 4 is 5.82 Å². The van der Waals surface area contributed by atoms with E-state index in [0.717, 1.165) is 34.4 Å². The molecule has 3 rings (SSSR count). The molecule has 0 radical (unpaired) electrons. The quantitative estimate of drug-likeness (QED) is 0.732. The smallest absolute Gasteiger partial charge is 0.142 e. The zero-order valence-electron chi connectivity index (χ0n) is 14.8. The van der Waals surface area contributed by atoms with Crippen molar-refractivity contribution in [3.8, 4) is 28.5 Å². The third-order valence-corrected chi connectivity index (χ3v) is 4.56. The Balaban J connectivity index is 2.25. The Labute approximate surface area is 148 Å². The van der Waals surface area contributed by atoms with Crippen molar-refractivity contribution in [2.45, 2.75) is 27.2 Å². The predicted molar refractivity (Wildman–Crippen MR) is 103 cm³/mol. The van der Waals surface area contributed by atoms with Crippen LogP contribution in [0.4, 0.5) is 5.82 Å². The van der Waals surface area contributed by atoms with Crippen LogP contribution >= 0.6 is 0 Å². The van der Waals surface area contributed by atoms with Gasteiger partial charge in [-0.15, -0.1) is 0 Å². The number of anilines is 1. The van der Waals surface area contributed by atoms with Crippen molar-refractivity contribution in [1.29, 1.82) is 5.26 Å². The van der Waals surface area contributed by atoms with E-state index in [2.05, 4.69) is 61.3 Å². The van der Waals surface area contributed by atoms with Crippen LogP contribution in [0.1, 0.15) is 29.2 Å². The lowest BCUT2D eigenvalue weighted by molar-refractivity contribution is 1.14. The number of rotatable bonds is 3. The number of benzene rings is 2. The van der Waals surface area contributed by atoms with Gasteiger partial charge in [0.25, 0.3) is 0 Å². The highest BCUT2D eigenvalue weighted by molar-refractivity contribution is 5.84. The molecule has 0 aliphatic carbocycles. The zero-order chi connectivity index (χ0) is 18.0. The molecule has 0 aliphatic rings. The van der Waals surface area contributed by atoms with Crippen molar-refractivity contribution in [2.24, 2.45) is 0 Å². The number of nitrogen functional groups attached to an aromatic ring is 1. The van der Waals surface area contributed by atoms with Gasteiger partial charge in [-0.1, -0.05) is 61.0 Å². The molecule has 0 saturated carbocycles. The van der Waals surface area contributed by atoms with Crippen molar-refractivity contribution in [1.82, 2.24) is 4.98 Å². The molecule has 0 aliphatic heterocycles. The number of nitrogens with zero attached hydrogens (tertiary/aromatic N) is 2. The molecule has 25 heavy (non-hydrogen) atoms. The van der Waals surface area contributed by atoms with Gasteiger partial charge in [0.15, 0.2) is 0 Å². The van der Waals surface area contributed by atoms with Gasteiger partial charge in [-0.2, -0.15) is 5.26 Å². The molecule has 3 aromatic rings. The van der Waals surface area contributed by atoms with Gasteiger partial charge in [0, 0.05) is 11.1 Å². The molecule has 0 bridgehead atoms. The van der Waals surface area contributed by atoms with E-state index < -0.39 is 0 Å². The molecule has 0 fully saturated rings. The number of pyridine rings is 1. The van der Waals surface area contributed by atoms with Crippen molar-refractivity contribution in [3.05, 3.63) is 70.8 Å². The van der Waals surface area contributed by atoms with E-state index in [4.69, 9.17) is 5.73 Å². The second-order valence-electron chi connectivity index (χ2n) is 6.25. The molecule has 0 saturated heterocycles. The second kappa shape index (κ2) is 6.78. The molecule has 0 unspecified atom stereocenters. The SMILES string of the molecule is CCc1ccc(-c2c(C)c(-c3ccc(C)cc3)nc(N)c2C#N)cc1. The van der Waals surface area contributed by atoms with Gasteiger partial charge in [0.1, 0.15) is 17.5 Å². The number of nitrogens with two attached hydrogens (primary N) is 1. The third kappa shape index (κ3) is 3.12. The van der Waals surface area contributed by atoms with E-state index in [0.29, 0.717) is 5.56 Å². The highest BCUT2D eigenvalue weighted by atomic mass is 14.9. The maximum Gasteiger partial charge on any atom is 0.142 e. The van der Waals surface area contributed by atoms with E-state index in [1.807, 2.05) is 19.1 Å². The fourth-order valence-corrected chi connectivity index (χ4v) is 3.07. The summed E-state index contributed by atoms with van der Waals surface area (Å²) < 4.78 is 0. The van der Waals surface area contributed by atoms with Gasteiger partial charge >= 0.3 is 0 Å². The number of hydrogen-bond donors (Lipinski definition) is 1. The lowest BCUT2D eigenvalue weighted by atomic mass is 9.92. The molecule has 1 heterocycles. The van der Waals surface area contributed by atoms with Crippen LogP contribution < -0.4 is 5.73 Å². The molecule has 0 spiro atoms. The lowest BCUT2D eigenvalue weighted by Gasteiger charge is -2.15. The highest BCUT2D eigenvalue weighted by Gasteiger charge is 2.18. The molecular formula is C22H21N3. The van der Waals surface area contributed by atoms with Crippen LogP contribution in [0.15, 0.2) is 48.5 Å². The Bertz CT molecular complexity index is 947. The maximum absolute atomic E-state index is 9.61. The lowest BCUT2D eigenvalue weighted by Crippen LogP contribution is -2.03. The fraction of sp³-hybridized carbons (Fsp3) is 0.182. The van der Waals surface area contributed by atoms with Gasteiger partial charge in [-0.05, 0) is 37.0 Å². The van der Waals surface area contributed by atoms with Crippen LogP contribution in [0.3, 0.4) is 0 Å². The summed E-state index contributed by atoms with van der Waals surface area (Å²) in [7, 11) is 0. The number of hydrogen-bond acceptors (Lipinski definition) is 3. The van der Waals surface area contributed by atoms with Crippen molar-refractivity contribution in [3.63, 3.8) is 0 Å². The standard InChI is InChI=1S/C22H21N3/c1-4-16-7-11-17(12-8-16)20-15(3)21(25-22(24)19(20)13-23)18-9-5-14(2)6-10-18/h5-12H,4H2,1-3H3,(H2,24,25). The number of aromatic nitrogens is 1. The molecule has 2 N–H and O–H groups in total. The van der Waals surface area contributed by atoms with Crippen LogP contribution in [0, 0.1) is 25.2 Å². The summed E-state index contributed by atoms with van der Waals surface area (Å²) in [4.78, 5) is 4.52. The van der Waals surface area contributed by atoms with E-state index in [9.17, 15) is 5.26 Å². The first-order valence-electron chi connectivity index (χ1n) is 8.41. The first kappa shape index (κ1) is 16.7. The highest BCUT2D eigenvalue weighted by Crippen LogP contribution is 2.35. The summed E-state index contributed by atoms with van der Waals surface area (Å²) in [6, 6.07) is 18.7. The van der Waals surface area contributed by atoms with Crippen LogP contribution in [-0.4, -0.2) is 4.98 Å². The van der Waals surface area contributed by atoms with Crippen LogP contribution in [0.25, 0.3) is 22.4 Å². The minimum absolute atomic E-state index is 0.276. The number of aryl methyl sites for hydroxylation is 2. The van der Waals surface area contributed by atoms with E-state index >= 15 is 0 Å². The Morgan fingerprint density at radius 2 is 1.56 bits per heavy atom. The predicted octanol–water partition coefficient (Wildman–Crippen LogP) is 5.05. The summed E-state index contributed by atoms with van der Waals surface area (Å²) in [5, 5.41) is 9.61. The van der Waals surface area contributed by atoms with Crippen molar-refractivity contribution in [2.75, 3.05) is 5.73 Å². The minimum Gasteiger partial charge on any atom is -0.383 e. The van der Waals surface area contributed by atoms with Gasteiger partial charge in [-0.3, -0.25) is 0 Å². The Morgan fingerprint density at radius 3 is 2.12 bits per heavy atom. The third-order valence-electron chi connectivity index (χ3n) is 4.56. The summed E-state index contributed by atoms with van der Waals surface area (Å²) in [6.07, 6.45) is 0.984. The molecule has 2 aromatic carbocycles. The molecule has 3 heteroatoms. The molecular weight excluding hydrogens is 306 g/mol. The molecule has 124 valence electrons. The number of nitriles is 1. The Morgan fingerprint density at radius 1 is 0.960 bits per heavy atom. The zero-order valence-corrected chi connectivity index (χ0v) is 14.8. The van der Waals surface area contributed by atoms with Crippen LogP contribution in [0.5, 0.6) is 0 Å². The largest absolute Gasteiger partial charge is 0.383 e. The van der Waals surface area contributed by atoms with Gasteiger partial charge in [0.2, 0.25) is 0 Å². The van der Waals surface area contributed by atoms with Gasteiger partial charge < -0.3 is 5.73 Å². The monoisotopic (exact) mass is 327 g/mol. The topological polar surface area (TPSA) is 62.7 Å². The van der Waals surface area contributed by atoms with E-state index in [1.165, 1.54) is 11.1 Å². The van der Waals surface area contributed by atoms with Gasteiger partial charge in [0.05, 0.1) is 5.69 Å². The van der Waals surface area contributed by atoms with E-state index in [1.54, 1.807) is 0 Å². The van der Waals surface area contributed by atoms with Gasteiger partial charge in [-0.25, -0.2) is 4.98 Å². The van der Waals surface area contributed by atoms with Crippen molar-refractivity contribution < 1.29 is 0 Å². The first-order chi connectivity index (χ1) is 12.0. The summed E-state index contributed by atoms with van der Waals surface area (Å²) in [5.74, 6) is 0.276. The summed E-state index contributed by atoms with van der Waals surface area (Å²) in [5.41, 5.74) is 13.7. The van der Waals surface area contributed by atoms with Crippen LogP contribution in [-0.2, 0) is 6.42 Å². The maximum atomic E-state index is 9.61. The average Bonchev–Trinajstić information content (AvgIpc) is 2.64. The first-order valence-corrected chi connectivity index (χ1v) is 8.41. The Hall–Kier alpha value is -3.12. The average molecular weight is 327 g/mol. The summed E-state index contributed by atoms with van der Waals surface area (Å²) in [6.45, 7) is 6.18. The van der Waals surface area contributed by atoms with Crippen LogP contribution in [0.2, 0.25) is 0 Å². The molecule has 0 amide bonds. The summed E-state index contributed by atoms with van der Waals surface area (Å²) >= 11 is 0. The Kier molecular flexibility index (Phi) is 4.54. The minimum atomic E-state index is 0.276. The molecule has 1 aromatic heterocycles. The van der Waals surface area contributed by atoms with E-state index in [-0.39, 0.29) is 5.82 Å². The normalized spacial score (nSPS) is 10.5. The molecule has 3 nitrogen and oxygen atoms in total. The molecule has 0 atom stereocenters.